The van der Waals surface area contributed by atoms with Crippen molar-refractivity contribution in [3.05, 3.63) is 23.1 Å². The predicted molar refractivity (Wildman–Crippen MR) is 61.8 cm³/mol. The van der Waals surface area contributed by atoms with Crippen LogP contribution in [-0.4, -0.2) is 37.1 Å². The first kappa shape index (κ1) is 13.1. The highest BCUT2D eigenvalue weighted by molar-refractivity contribution is 6.29. The first-order valence-corrected chi connectivity index (χ1v) is 5.51. The van der Waals surface area contributed by atoms with Crippen molar-refractivity contribution in [2.24, 2.45) is 0 Å². The van der Waals surface area contributed by atoms with Crippen LogP contribution >= 0.6 is 11.6 Å². The van der Waals surface area contributed by atoms with Crippen molar-refractivity contribution in [1.29, 1.82) is 0 Å². The Morgan fingerprint density at radius 3 is 2.75 bits per heavy atom. The van der Waals surface area contributed by atoms with Crippen LogP contribution < -0.4 is 0 Å². The number of hydrogen-bond acceptors (Lipinski definition) is 3. The van der Waals surface area contributed by atoms with Crippen LogP contribution in [0.2, 0.25) is 5.22 Å². The Labute approximate surface area is 100 Å². The fraction of sp³-hybridized carbons (Fsp3) is 0.545. The highest BCUT2D eigenvalue weighted by Gasteiger charge is 2.15. The van der Waals surface area contributed by atoms with E-state index in [0.29, 0.717) is 13.2 Å². The molecule has 0 saturated heterocycles. The zero-order valence-corrected chi connectivity index (χ0v) is 10.5. The van der Waals surface area contributed by atoms with E-state index in [-0.39, 0.29) is 23.0 Å². The number of likely N-dealkylation sites (N-methyl/N-ethyl adjacent to an activating group) is 1. The van der Waals surface area contributed by atoms with Gasteiger partial charge < -0.3 is 14.1 Å². The summed E-state index contributed by atoms with van der Waals surface area (Å²) < 4.78 is 10.4. The Kier molecular flexibility index (Phi) is 4.83. The number of halogens is 1. The topological polar surface area (TPSA) is 42.7 Å². The Morgan fingerprint density at radius 1 is 1.56 bits per heavy atom. The molecule has 0 radical (unpaired) electrons. The molecule has 0 aromatic carbocycles. The molecule has 0 aliphatic heterocycles. The lowest BCUT2D eigenvalue weighted by Gasteiger charge is -2.16. The molecule has 1 aromatic rings. The van der Waals surface area contributed by atoms with Gasteiger partial charge in [-0.05, 0) is 37.6 Å². The van der Waals surface area contributed by atoms with E-state index in [1.165, 1.54) is 4.90 Å². The smallest absolute Gasteiger partial charge is 0.289 e. The molecule has 1 rings (SSSR count). The molecule has 0 bridgehead atoms. The van der Waals surface area contributed by atoms with E-state index in [2.05, 4.69) is 0 Å². The molecule has 0 saturated carbocycles. The quantitative estimate of drug-likeness (QED) is 0.800. The predicted octanol–water partition coefficient (Wildman–Crippen LogP) is 2.43. The van der Waals surface area contributed by atoms with Crippen molar-refractivity contribution >= 4 is 17.5 Å². The number of nitrogens with zero attached hydrogens (tertiary/aromatic N) is 1. The van der Waals surface area contributed by atoms with Crippen molar-refractivity contribution in [2.45, 2.75) is 20.0 Å². The highest BCUT2D eigenvalue weighted by Crippen LogP contribution is 2.14. The van der Waals surface area contributed by atoms with Gasteiger partial charge in [0.1, 0.15) is 0 Å². The lowest BCUT2D eigenvalue weighted by atomic mass is 10.4. The van der Waals surface area contributed by atoms with Gasteiger partial charge in [-0.2, -0.15) is 0 Å². The molecule has 0 unspecified atom stereocenters. The van der Waals surface area contributed by atoms with Crippen LogP contribution in [-0.2, 0) is 4.74 Å². The summed E-state index contributed by atoms with van der Waals surface area (Å²) >= 11 is 5.59. The second-order valence-electron chi connectivity index (χ2n) is 3.75. The zero-order valence-electron chi connectivity index (χ0n) is 9.70. The van der Waals surface area contributed by atoms with Crippen molar-refractivity contribution in [3.63, 3.8) is 0 Å². The van der Waals surface area contributed by atoms with E-state index >= 15 is 0 Å². The standard InChI is InChI=1S/C11H16ClNO3/c1-8(2)15-7-6-13(3)11(14)9-4-5-10(12)16-9/h4-5,8H,6-7H2,1-3H3. The lowest BCUT2D eigenvalue weighted by molar-refractivity contribution is 0.0515. The number of amides is 1. The Morgan fingerprint density at radius 2 is 2.25 bits per heavy atom. The van der Waals surface area contributed by atoms with Crippen molar-refractivity contribution in [1.82, 2.24) is 4.90 Å². The summed E-state index contributed by atoms with van der Waals surface area (Å²) in [4.78, 5) is 13.3. The van der Waals surface area contributed by atoms with Crippen LogP contribution in [0.5, 0.6) is 0 Å². The molecule has 1 aromatic heterocycles. The van der Waals surface area contributed by atoms with Gasteiger partial charge in [-0.25, -0.2) is 0 Å². The SMILES string of the molecule is CC(C)OCCN(C)C(=O)c1ccc(Cl)o1. The number of rotatable bonds is 5. The molecule has 4 nitrogen and oxygen atoms in total. The molecule has 0 atom stereocenters. The first-order valence-electron chi connectivity index (χ1n) is 5.13. The molecule has 1 heterocycles. The van der Waals surface area contributed by atoms with E-state index in [1.807, 2.05) is 13.8 Å². The minimum Gasteiger partial charge on any atom is -0.440 e. The van der Waals surface area contributed by atoms with Crippen LogP contribution in [0.4, 0.5) is 0 Å². The summed E-state index contributed by atoms with van der Waals surface area (Å²) in [5.74, 6) is 0.0521. The maximum absolute atomic E-state index is 11.8. The number of hydrogen-bond donors (Lipinski definition) is 0. The van der Waals surface area contributed by atoms with E-state index < -0.39 is 0 Å². The minimum absolute atomic E-state index is 0.168. The molecule has 0 N–H and O–H groups in total. The zero-order chi connectivity index (χ0) is 12.1. The van der Waals surface area contributed by atoms with Gasteiger partial charge in [-0.1, -0.05) is 0 Å². The average molecular weight is 246 g/mol. The minimum atomic E-state index is -0.195. The molecular formula is C11H16ClNO3. The summed E-state index contributed by atoms with van der Waals surface area (Å²) in [7, 11) is 1.70. The molecule has 0 fully saturated rings. The second-order valence-corrected chi connectivity index (χ2v) is 4.12. The lowest BCUT2D eigenvalue weighted by Crippen LogP contribution is -2.30. The number of ether oxygens (including phenoxy) is 1. The molecule has 5 heteroatoms. The Hall–Kier alpha value is -1.00. The van der Waals surface area contributed by atoms with Gasteiger partial charge >= 0.3 is 0 Å². The molecule has 90 valence electrons. The van der Waals surface area contributed by atoms with E-state index in [4.69, 9.17) is 20.8 Å². The van der Waals surface area contributed by atoms with E-state index in [1.54, 1.807) is 19.2 Å². The van der Waals surface area contributed by atoms with Crippen LogP contribution in [0, 0.1) is 0 Å². The summed E-state index contributed by atoms with van der Waals surface area (Å²) in [5, 5.41) is 0.218. The molecular weight excluding hydrogens is 230 g/mol. The first-order chi connectivity index (χ1) is 7.50. The Balaban J connectivity index is 2.42. The largest absolute Gasteiger partial charge is 0.440 e. The van der Waals surface area contributed by atoms with Crippen LogP contribution in [0.15, 0.2) is 16.5 Å². The third kappa shape index (κ3) is 3.87. The Bertz CT molecular complexity index is 349. The number of carbonyl (C=O) groups excluding carboxylic acids is 1. The molecule has 1 amide bonds. The third-order valence-electron chi connectivity index (χ3n) is 2.01. The van der Waals surface area contributed by atoms with Crippen molar-refractivity contribution in [2.75, 3.05) is 20.2 Å². The molecule has 0 aliphatic carbocycles. The van der Waals surface area contributed by atoms with Crippen LogP contribution in [0.1, 0.15) is 24.4 Å². The number of furan rings is 1. The maximum atomic E-state index is 11.8. The van der Waals surface area contributed by atoms with E-state index in [0.717, 1.165) is 0 Å². The van der Waals surface area contributed by atoms with Crippen LogP contribution in [0.3, 0.4) is 0 Å². The van der Waals surface area contributed by atoms with Gasteiger partial charge in [0.25, 0.3) is 5.91 Å². The van der Waals surface area contributed by atoms with Gasteiger partial charge in [-0.15, -0.1) is 0 Å². The van der Waals surface area contributed by atoms with Gasteiger partial charge in [0.15, 0.2) is 11.0 Å². The average Bonchev–Trinajstić information content (AvgIpc) is 2.63. The fourth-order valence-electron chi connectivity index (χ4n) is 1.14. The van der Waals surface area contributed by atoms with Crippen LogP contribution in [0.25, 0.3) is 0 Å². The van der Waals surface area contributed by atoms with Crippen molar-refractivity contribution < 1.29 is 13.9 Å². The van der Waals surface area contributed by atoms with Gasteiger partial charge in [-0.3, -0.25) is 4.79 Å². The van der Waals surface area contributed by atoms with Crippen molar-refractivity contribution in [3.8, 4) is 0 Å². The number of carbonyl (C=O) groups is 1. The van der Waals surface area contributed by atoms with Gasteiger partial charge in [0.2, 0.25) is 0 Å². The highest BCUT2D eigenvalue weighted by atomic mass is 35.5. The van der Waals surface area contributed by atoms with Gasteiger partial charge in [0, 0.05) is 13.6 Å². The van der Waals surface area contributed by atoms with Gasteiger partial charge in [0.05, 0.1) is 12.7 Å². The molecule has 16 heavy (non-hydrogen) atoms. The third-order valence-corrected chi connectivity index (χ3v) is 2.21. The molecule has 0 aliphatic rings. The summed E-state index contributed by atoms with van der Waals surface area (Å²) in [6, 6.07) is 3.11. The summed E-state index contributed by atoms with van der Waals surface area (Å²) in [6.07, 6.45) is 0.168. The fourth-order valence-corrected chi connectivity index (χ4v) is 1.29. The summed E-state index contributed by atoms with van der Waals surface area (Å²) in [5.41, 5.74) is 0. The molecule has 0 spiro atoms. The normalized spacial score (nSPS) is 10.8. The second kappa shape index (κ2) is 5.92. The summed E-state index contributed by atoms with van der Waals surface area (Å²) in [6.45, 7) is 4.94. The monoisotopic (exact) mass is 245 g/mol. The van der Waals surface area contributed by atoms with E-state index in [9.17, 15) is 4.79 Å². The maximum Gasteiger partial charge on any atom is 0.289 e.